The summed E-state index contributed by atoms with van der Waals surface area (Å²) in [6.45, 7) is 5.85. The number of nitrogens with one attached hydrogen (secondary N) is 1. The normalized spacial score (nSPS) is 10.7. The second kappa shape index (κ2) is 8.64. The van der Waals surface area contributed by atoms with E-state index in [1.807, 2.05) is 42.6 Å². The van der Waals surface area contributed by atoms with Gasteiger partial charge < -0.3 is 10.1 Å². The van der Waals surface area contributed by atoms with Crippen molar-refractivity contribution in [3.63, 3.8) is 0 Å². The van der Waals surface area contributed by atoms with E-state index in [0.29, 0.717) is 12.3 Å². The number of ether oxygens (including phenoxy) is 1. The van der Waals surface area contributed by atoms with Crippen LogP contribution in [0.25, 0.3) is 0 Å². The van der Waals surface area contributed by atoms with Crippen LogP contribution in [0, 0.1) is 6.92 Å². The third-order valence-electron chi connectivity index (χ3n) is 3.71. The molecule has 2 aromatic rings. The lowest BCUT2D eigenvalue weighted by Gasteiger charge is -2.16. The van der Waals surface area contributed by atoms with Crippen LogP contribution < -0.4 is 5.32 Å². The quantitative estimate of drug-likeness (QED) is 0.762. The summed E-state index contributed by atoms with van der Waals surface area (Å²) in [6.07, 6.45) is 0.933. The summed E-state index contributed by atoms with van der Waals surface area (Å²) < 4.78 is 5.07. The number of carbonyl (C=O) groups is 2. The van der Waals surface area contributed by atoms with Crippen LogP contribution in [0.2, 0.25) is 0 Å². The van der Waals surface area contributed by atoms with E-state index < -0.39 is 0 Å². The minimum atomic E-state index is -0.354. The van der Waals surface area contributed by atoms with Crippen LogP contribution in [0.3, 0.4) is 0 Å². The topological polar surface area (TPSA) is 55.4 Å². The highest BCUT2D eigenvalue weighted by Crippen LogP contribution is 2.27. The van der Waals surface area contributed by atoms with Crippen molar-refractivity contribution < 1.29 is 14.3 Å². The minimum Gasteiger partial charge on any atom is -0.456 e. The summed E-state index contributed by atoms with van der Waals surface area (Å²) in [4.78, 5) is 25.0. The highest BCUT2D eigenvalue weighted by molar-refractivity contribution is 7.09. The summed E-state index contributed by atoms with van der Waals surface area (Å²) in [6, 6.07) is 9.86. The molecule has 1 aromatic carbocycles. The second-order valence-corrected chi connectivity index (χ2v) is 7.01. The minimum absolute atomic E-state index is 0.255. The molecule has 2 rings (SSSR count). The fourth-order valence-corrected chi connectivity index (χ4v) is 3.13. The molecule has 1 N–H and O–H groups in total. The fraction of sp³-hybridized carbons (Fsp3) is 0.368. The van der Waals surface area contributed by atoms with E-state index in [4.69, 9.17) is 4.74 Å². The highest BCUT2D eigenvalue weighted by atomic mass is 32.1. The second-order valence-electron chi connectivity index (χ2n) is 5.98. The number of esters is 1. The van der Waals surface area contributed by atoms with Crippen LogP contribution in [0.5, 0.6) is 0 Å². The molecule has 1 aromatic heterocycles. The molecule has 0 aliphatic heterocycles. The van der Waals surface area contributed by atoms with Gasteiger partial charge in [0.05, 0.1) is 6.42 Å². The van der Waals surface area contributed by atoms with Crippen molar-refractivity contribution in [2.75, 3.05) is 11.9 Å². The summed E-state index contributed by atoms with van der Waals surface area (Å²) in [7, 11) is 0. The number of anilines is 1. The Kier molecular flexibility index (Phi) is 6.55. The molecule has 4 nitrogen and oxygen atoms in total. The van der Waals surface area contributed by atoms with E-state index >= 15 is 0 Å². The van der Waals surface area contributed by atoms with E-state index in [2.05, 4.69) is 19.2 Å². The monoisotopic (exact) mass is 345 g/mol. The lowest BCUT2D eigenvalue weighted by atomic mass is 9.98. The summed E-state index contributed by atoms with van der Waals surface area (Å²) in [5, 5.41) is 4.85. The molecule has 0 atom stereocenters. The standard InChI is InChI=1S/C19H23NO3S/c1-13(2)16-8-4-6-14(3)19(16)20-17(21)12-23-18(22)10-9-15-7-5-11-24-15/h4-8,11,13H,9-10,12H2,1-3H3,(H,20,21). The molecule has 0 fully saturated rings. The van der Waals surface area contributed by atoms with Gasteiger partial charge in [-0.25, -0.2) is 0 Å². The Morgan fingerprint density at radius 1 is 1.21 bits per heavy atom. The molecule has 0 saturated carbocycles. The van der Waals surface area contributed by atoms with E-state index in [9.17, 15) is 9.59 Å². The smallest absolute Gasteiger partial charge is 0.306 e. The third-order valence-corrected chi connectivity index (χ3v) is 4.65. The number of benzene rings is 1. The summed E-state index contributed by atoms with van der Waals surface area (Å²) in [5.41, 5.74) is 2.89. The Morgan fingerprint density at radius 3 is 2.67 bits per heavy atom. The van der Waals surface area contributed by atoms with Gasteiger partial charge in [0, 0.05) is 10.6 Å². The molecule has 1 heterocycles. The van der Waals surface area contributed by atoms with Crippen molar-refractivity contribution in [3.8, 4) is 0 Å². The van der Waals surface area contributed by atoms with Crippen molar-refractivity contribution in [1.29, 1.82) is 0 Å². The van der Waals surface area contributed by atoms with Crippen LogP contribution in [0.1, 0.15) is 42.2 Å². The van der Waals surface area contributed by atoms with E-state index in [1.54, 1.807) is 11.3 Å². The maximum atomic E-state index is 12.1. The van der Waals surface area contributed by atoms with Gasteiger partial charge in [0.25, 0.3) is 5.91 Å². The molecule has 1 amide bonds. The van der Waals surface area contributed by atoms with E-state index in [1.165, 1.54) is 0 Å². The largest absolute Gasteiger partial charge is 0.456 e. The average Bonchev–Trinajstić information content (AvgIpc) is 3.06. The molecule has 0 radical (unpaired) electrons. The van der Waals surface area contributed by atoms with Gasteiger partial charge in [-0.2, -0.15) is 0 Å². The molecule has 0 aliphatic rings. The molecule has 0 saturated heterocycles. The van der Waals surface area contributed by atoms with Gasteiger partial charge in [-0.3, -0.25) is 9.59 Å². The fourth-order valence-electron chi connectivity index (χ4n) is 2.42. The highest BCUT2D eigenvalue weighted by Gasteiger charge is 2.13. The zero-order valence-electron chi connectivity index (χ0n) is 14.3. The lowest BCUT2D eigenvalue weighted by molar-refractivity contribution is -0.147. The lowest BCUT2D eigenvalue weighted by Crippen LogP contribution is -2.22. The molecule has 128 valence electrons. The number of carbonyl (C=O) groups excluding carboxylic acids is 2. The third kappa shape index (κ3) is 5.20. The Bertz CT molecular complexity index is 693. The zero-order chi connectivity index (χ0) is 17.5. The molecular formula is C19H23NO3S. The Hall–Kier alpha value is -2.14. The maximum absolute atomic E-state index is 12.1. The molecule has 0 bridgehead atoms. The van der Waals surface area contributed by atoms with Crippen molar-refractivity contribution in [2.45, 2.75) is 39.5 Å². The van der Waals surface area contributed by atoms with Gasteiger partial charge in [-0.15, -0.1) is 11.3 Å². The molecule has 0 aliphatic carbocycles. The van der Waals surface area contributed by atoms with Crippen molar-refractivity contribution >= 4 is 28.9 Å². The maximum Gasteiger partial charge on any atom is 0.306 e. The average molecular weight is 345 g/mol. The molecule has 0 unspecified atom stereocenters. The van der Waals surface area contributed by atoms with Gasteiger partial charge in [0.2, 0.25) is 0 Å². The van der Waals surface area contributed by atoms with Crippen LogP contribution in [0.15, 0.2) is 35.7 Å². The number of para-hydroxylation sites is 1. The van der Waals surface area contributed by atoms with Crippen LogP contribution >= 0.6 is 11.3 Å². The number of thiophene rings is 1. The van der Waals surface area contributed by atoms with E-state index in [-0.39, 0.29) is 24.9 Å². The van der Waals surface area contributed by atoms with Gasteiger partial charge in [0.15, 0.2) is 6.61 Å². The number of hydrogen-bond acceptors (Lipinski definition) is 4. The number of aryl methyl sites for hydroxylation is 2. The Balaban J connectivity index is 1.84. The van der Waals surface area contributed by atoms with Gasteiger partial charge >= 0.3 is 5.97 Å². The SMILES string of the molecule is Cc1cccc(C(C)C)c1NC(=O)COC(=O)CCc1cccs1. The van der Waals surface area contributed by atoms with Crippen molar-refractivity contribution in [2.24, 2.45) is 0 Å². The number of amides is 1. The van der Waals surface area contributed by atoms with Crippen LogP contribution in [0.4, 0.5) is 5.69 Å². The predicted octanol–water partition coefficient (Wildman–Crippen LogP) is 4.29. The number of rotatable bonds is 7. The molecule has 0 spiro atoms. The zero-order valence-corrected chi connectivity index (χ0v) is 15.1. The Morgan fingerprint density at radius 2 is 2.00 bits per heavy atom. The Labute approximate surface area is 146 Å². The molecular weight excluding hydrogens is 322 g/mol. The molecule has 5 heteroatoms. The first kappa shape index (κ1) is 18.2. The first-order valence-corrected chi connectivity index (χ1v) is 8.92. The summed E-state index contributed by atoms with van der Waals surface area (Å²) >= 11 is 1.61. The number of hydrogen-bond donors (Lipinski definition) is 1. The predicted molar refractivity (Wildman–Crippen MR) is 97.5 cm³/mol. The van der Waals surface area contributed by atoms with Crippen LogP contribution in [-0.4, -0.2) is 18.5 Å². The van der Waals surface area contributed by atoms with Crippen molar-refractivity contribution in [1.82, 2.24) is 0 Å². The van der Waals surface area contributed by atoms with Gasteiger partial charge in [-0.05, 0) is 41.8 Å². The van der Waals surface area contributed by atoms with Crippen molar-refractivity contribution in [3.05, 3.63) is 51.7 Å². The van der Waals surface area contributed by atoms with Gasteiger partial charge in [0.1, 0.15) is 0 Å². The van der Waals surface area contributed by atoms with Crippen LogP contribution in [-0.2, 0) is 20.7 Å². The first-order valence-electron chi connectivity index (χ1n) is 8.04. The van der Waals surface area contributed by atoms with E-state index in [0.717, 1.165) is 21.7 Å². The first-order chi connectivity index (χ1) is 11.5. The summed E-state index contributed by atoms with van der Waals surface area (Å²) in [5.74, 6) is -0.364. The van der Waals surface area contributed by atoms with Gasteiger partial charge in [-0.1, -0.05) is 38.1 Å². The molecule has 24 heavy (non-hydrogen) atoms.